The zero-order chi connectivity index (χ0) is 31.8. The number of nitrogens with one attached hydrogen (secondary N) is 3. The highest BCUT2D eigenvalue weighted by Gasteiger charge is 2.36. The van der Waals surface area contributed by atoms with Crippen LogP contribution in [-0.4, -0.2) is 73.7 Å². The standard InChI is InChI=1S/C31H48N4O7/c1-11-19(4)26-29(38)33-22(14-18(2)3)27(36)32-13-12-20-15-21(25(41-10)17-24(20)40-9)16-23(28(37)34-26)35(8)30(39)42-31(5,6)7/h12-13,15,17-19,22-23,26H,11,14,16H2,1-10H3,(H,32,36)(H,33,38)(H,34,37)/b13-12-/t19-,22-,23-,26-/m0/s1. The van der Waals surface area contributed by atoms with Gasteiger partial charge in [-0.25, -0.2) is 4.79 Å². The van der Waals surface area contributed by atoms with E-state index in [0.29, 0.717) is 35.5 Å². The van der Waals surface area contributed by atoms with Crippen molar-refractivity contribution in [3.8, 4) is 11.5 Å². The molecule has 4 amide bonds. The molecule has 11 nitrogen and oxygen atoms in total. The molecule has 4 atom stereocenters. The molecule has 11 heteroatoms. The lowest BCUT2D eigenvalue weighted by Crippen LogP contribution is -2.59. The van der Waals surface area contributed by atoms with Crippen LogP contribution in [0.15, 0.2) is 18.3 Å². The van der Waals surface area contributed by atoms with Gasteiger partial charge < -0.3 is 30.2 Å². The molecule has 0 radical (unpaired) electrons. The first-order chi connectivity index (χ1) is 19.6. The Morgan fingerprint density at radius 3 is 2.19 bits per heavy atom. The predicted octanol–water partition coefficient (Wildman–Crippen LogP) is 3.64. The number of hydrogen-bond acceptors (Lipinski definition) is 7. The summed E-state index contributed by atoms with van der Waals surface area (Å²) in [6.45, 7) is 12.9. The number of likely N-dealkylation sites (N-methyl/N-ethyl adjacent to an activating group) is 1. The van der Waals surface area contributed by atoms with E-state index in [1.807, 2.05) is 27.7 Å². The maximum Gasteiger partial charge on any atom is 0.410 e. The molecule has 0 unspecified atom stereocenters. The van der Waals surface area contributed by atoms with Crippen LogP contribution in [0, 0.1) is 11.8 Å². The first-order valence-corrected chi connectivity index (χ1v) is 14.4. The van der Waals surface area contributed by atoms with Gasteiger partial charge in [0.1, 0.15) is 35.2 Å². The Morgan fingerprint density at radius 2 is 1.64 bits per heavy atom. The van der Waals surface area contributed by atoms with E-state index >= 15 is 0 Å². The van der Waals surface area contributed by atoms with Crippen LogP contribution in [0.2, 0.25) is 0 Å². The minimum absolute atomic E-state index is 0.0484. The molecule has 0 fully saturated rings. The molecule has 0 saturated heterocycles. The van der Waals surface area contributed by atoms with Crippen LogP contribution >= 0.6 is 0 Å². The molecular formula is C31H48N4O7. The number of fused-ring (bicyclic) bond motifs is 2. The highest BCUT2D eigenvalue weighted by Crippen LogP contribution is 2.32. The molecule has 2 rings (SSSR count). The van der Waals surface area contributed by atoms with Crippen LogP contribution < -0.4 is 25.4 Å². The SMILES string of the molecule is CC[C@H](C)[C@@H]1NC(=O)[C@@H](N(C)C(=O)OC(C)(C)C)Cc2cc(c(OC)cc2OC)/C=C\NC(=O)[C@H](CC(C)C)NC1=O. The Morgan fingerprint density at radius 1 is 1.00 bits per heavy atom. The molecule has 234 valence electrons. The lowest BCUT2D eigenvalue weighted by atomic mass is 9.95. The van der Waals surface area contributed by atoms with E-state index < -0.39 is 41.6 Å². The number of carbonyl (C=O) groups is 4. The number of benzene rings is 1. The van der Waals surface area contributed by atoms with Gasteiger partial charge in [-0.05, 0) is 56.7 Å². The molecule has 1 aromatic carbocycles. The first-order valence-electron chi connectivity index (χ1n) is 14.4. The molecule has 0 saturated carbocycles. The Kier molecular flexibility index (Phi) is 12.2. The summed E-state index contributed by atoms with van der Waals surface area (Å²) in [6, 6.07) is 0.628. The number of carbonyl (C=O) groups excluding carboxylic acids is 4. The van der Waals surface area contributed by atoms with Crippen molar-refractivity contribution in [2.45, 2.75) is 91.5 Å². The molecule has 0 spiro atoms. The van der Waals surface area contributed by atoms with E-state index in [1.165, 1.54) is 32.4 Å². The number of hydrogen-bond donors (Lipinski definition) is 3. The third-order valence-electron chi connectivity index (χ3n) is 7.12. The largest absolute Gasteiger partial charge is 0.496 e. The fourth-order valence-corrected chi connectivity index (χ4v) is 4.59. The summed E-state index contributed by atoms with van der Waals surface area (Å²) >= 11 is 0. The van der Waals surface area contributed by atoms with Crippen molar-refractivity contribution in [3.05, 3.63) is 29.5 Å². The number of ether oxygens (including phenoxy) is 3. The Bertz CT molecular complexity index is 1160. The van der Waals surface area contributed by atoms with Gasteiger partial charge in [-0.1, -0.05) is 34.1 Å². The van der Waals surface area contributed by atoms with Crippen molar-refractivity contribution in [1.29, 1.82) is 0 Å². The molecule has 0 aromatic heterocycles. The van der Waals surface area contributed by atoms with Crippen LogP contribution in [0.1, 0.15) is 72.4 Å². The summed E-state index contributed by atoms with van der Waals surface area (Å²) < 4.78 is 16.7. The van der Waals surface area contributed by atoms with Gasteiger partial charge in [0.25, 0.3) is 0 Å². The number of amides is 4. The topological polar surface area (TPSA) is 135 Å². The lowest BCUT2D eigenvalue weighted by molar-refractivity contribution is -0.134. The van der Waals surface area contributed by atoms with E-state index in [-0.39, 0.29) is 24.2 Å². The molecule has 1 aliphatic rings. The summed E-state index contributed by atoms with van der Waals surface area (Å²) in [6.07, 6.45) is 3.51. The van der Waals surface area contributed by atoms with E-state index in [1.54, 1.807) is 39.0 Å². The fraction of sp³-hybridized carbons (Fsp3) is 0.613. The second-order valence-corrected chi connectivity index (χ2v) is 12.1. The summed E-state index contributed by atoms with van der Waals surface area (Å²) in [5, 5.41) is 8.50. The summed E-state index contributed by atoms with van der Waals surface area (Å²) in [4.78, 5) is 55.2. The van der Waals surface area contributed by atoms with Crippen molar-refractivity contribution >= 4 is 29.9 Å². The zero-order valence-corrected chi connectivity index (χ0v) is 26.6. The van der Waals surface area contributed by atoms with E-state index in [4.69, 9.17) is 14.2 Å². The van der Waals surface area contributed by atoms with Crippen LogP contribution in [0.25, 0.3) is 6.08 Å². The molecule has 1 aromatic rings. The van der Waals surface area contributed by atoms with E-state index in [2.05, 4.69) is 16.0 Å². The van der Waals surface area contributed by atoms with Gasteiger partial charge >= 0.3 is 6.09 Å². The van der Waals surface area contributed by atoms with Crippen molar-refractivity contribution in [2.24, 2.45) is 11.8 Å². The van der Waals surface area contributed by atoms with Gasteiger partial charge in [0.05, 0.1) is 14.2 Å². The van der Waals surface area contributed by atoms with Crippen LogP contribution in [0.5, 0.6) is 11.5 Å². The third kappa shape index (κ3) is 9.39. The quantitative estimate of drug-likeness (QED) is 0.443. The minimum atomic E-state index is -1.06. The van der Waals surface area contributed by atoms with Crippen LogP contribution in [0.3, 0.4) is 0 Å². The van der Waals surface area contributed by atoms with Crippen LogP contribution in [-0.2, 0) is 25.5 Å². The monoisotopic (exact) mass is 588 g/mol. The maximum absolute atomic E-state index is 14.0. The van der Waals surface area contributed by atoms with Crippen molar-refractivity contribution in [3.63, 3.8) is 0 Å². The van der Waals surface area contributed by atoms with E-state index in [0.717, 1.165) is 0 Å². The third-order valence-corrected chi connectivity index (χ3v) is 7.12. The van der Waals surface area contributed by atoms with Crippen molar-refractivity contribution in [1.82, 2.24) is 20.9 Å². The number of nitrogens with zero attached hydrogens (tertiary/aromatic N) is 1. The zero-order valence-electron chi connectivity index (χ0n) is 26.6. The average Bonchev–Trinajstić information content (AvgIpc) is 2.91. The van der Waals surface area contributed by atoms with Gasteiger partial charge in [0, 0.05) is 31.3 Å². The Labute approximate surface area is 249 Å². The molecule has 3 N–H and O–H groups in total. The van der Waals surface area contributed by atoms with Gasteiger partial charge in [-0.3, -0.25) is 19.3 Å². The molecule has 42 heavy (non-hydrogen) atoms. The summed E-state index contributed by atoms with van der Waals surface area (Å²) in [7, 11) is 4.51. The highest BCUT2D eigenvalue weighted by atomic mass is 16.6. The number of rotatable bonds is 7. The number of methoxy groups -OCH3 is 2. The molecule has 1 aliphatic heterocycles. The minimum Gasteiger partial charge on any atom is -0.496 e. The molecular weight excluding hydrogens is 540 g/mol. The van der Waals surface area contributed by atoms with Crippen molar-refractivity contribution < 1.29 is 33.4 Å². The first kappa shape index (κ1) is 34.4. The molecule has 1 heterocycles. The van der Waals surface area contributed by atoms with Gasteiger partial charge in [-0.2, -0.15) is 0 Å². The lowest BCUT2D eigenvalue weighted by Gasteiger charge is -2.33. The molecule has 0 aliphatic carbocycles. The Hall–Kier alpha value is -3.76. The summed E-state index contributed by atoms with van der Waals surface area (Å²) in [5.74, 6) is -0.625. The van der Waals surface area contributed by atoms with Gasteiger partial charge in [-0.15, -0.1) is 0 Å². The normalized spacial score (nSPS) is 21.6. The highest BCUT2D eigenvalue weighted by molar-refractivity contribution is 5.94. The fourth-order valence-electron chi connectivity index (χ4n) is 4.59. The van der Waals surface area contributed by atoms with Gasteiger partial charge in [0.2, 0.25) is 17.7 Å². The second kappa shape index (κ2) is 14.9. The van der Waals surface area contributed by atoms with E-state index in [9.17, 15) is 19.2 Å². The molecule has 2 bridgehead atoms. The maximum atomic E-state index is 14.0. The van der Waals surface area contributed by atoms with Gasteiger partial charge in [0.15, 0.2) is 0 Å². The average molecular weight is 589 g/mol. The van der Waals surface area contributed by atoms with Crippen LogP contribution in [0.4, 0.5) is 4.79 Å². The second-order valence-electron chi connectivity index (χ2n) is 12.1. The van der Waals surface area contributed by atoms with Crippen molar-refractivity contribution in [2.75, 3.05) is 21.3 Å². The smallest absolute Gasteiger partial charge is 0.410 e. The predicted molar refractivity (Wildman–Crippen MR) is 161 cm³/mol. The summed E-state index contributed by atoms with van der Waals surface area (Å²) in [5.41, 5.74) is 0.433. The Balaban J connectivity index is 2.72.